The van der Waals surface area contributed by atoms with E-state index >= 15 is 0 Å². The Balaban J connectivity index is 0.0000000945. The van der Waals surface area contributed by atoms with Crippen molar-refractivity contribution in [2.45, 2.75) is 0 Å². The number of nitrogens with zero attached hydrogens (tertiary/aromatic N) is 12. The first-order valence-electron chi connectivity index (χ1n) is 50.4. The van der Waals surface area contributed by atoms with Crippen molar-refractivity contribution in [1.82, 2.24) is 55.6 Å². The molecule has 36 rings (SSSR count). The van der Waals surface area contributed by atoms with Crippen LogP contribution in [0.1, 0.15) is 0 Å². The standard InChI is InChI=1S/3C45H26N4/c1-2-13-28(14-3-1)47-36-19-9-6-16-30(36)34-25-41(46-26-40(34)47)49-39-24-35-31-17-7-10-20-37(31)48-38-21-11-8-18-32(38)43(45(35)48)42(39)33-23-22-27-12-4-5-15-29(27)44(33)49;1-2-12-28(13-3-1)48-39-25-29(21-23-32(39)33-17-10-24-46-45(33)48)47-40-26-36-31-15-6-8-18-37(31)49-38-19-9-7-16-34(38)42(44(36)49)41(40)35-22-20-27-11-4-5-14-30(27)43(35)47;1-2-11-28(12-3-1)47-39-21-19-29(24-35(39)32-22-23-46-26-41(32)47)48-40-25-36-31-14-6-8-16-37(31)49-38-17-9-7-15-33(38)43(45(36)49)42(40)34-20-18-27-10-4-5-13-30(27)44(34)48/h3*1-26H. The molecule has 0 aliphatic rings. The smallest absolute Gasteiger partial charge is 0.145 e. The molecular weight excluding hydrogens is 1790 g/mol. The van der Waals surface area contributed by atoms with Crippen molar-refractivity contribution < 1.29 is 0 Å². The Kier molecular flexibility index (Phi) is 15.7. The molecule has 0 amide bonds. The Morgan fingerprint density at radius 3 is 0.946 bits per heavy atom. The lowest BCUT2D eigenvalue weighted by molar-refractivity contribution is 1.08. The molecule has 678 valence electrons. The van der Waals surface area contributed by atoms with Gasteiger partial charge < -0.3 is 31.5 Å². The van der Waals surface area contributed by atoms with Gasteiger partial charge in [-0.25, -0.2) is 9.97 Å². The second-order valence-corrected chi connectivity index (χ2v) is 39.5. The summed E-state index contributed by atoms with van der Waals surface area (Å²) in [5.74, 6) is 0.918. The van der Waals surface area contributed by atoms with Crippen LogP contribution in [0.5, 0.6) is 0 Å². The highest BCUT2D eigenvalue weighted by molar-refractivity contribution is 6.41. The first-order valence-corrected chi connectivity index (χ1v) is 50.4. The predicted molar refractivity (Wildman–Crippen MR) is 615 cm³/mol. The number of hydrogen-bond acceptors (Lipinski definition) is 3. The predicted octanol–water partition coefficient (Wildman–Crippen LogP) is 34.7. The average molecular weight is 1870 g/mol. The van der Waals surface area contributed by atoms with Crippen LogP contribution in [-0.4, -0.2) is 55.6 Å². The van der Waals surface area contributed by atoms with E-state index in [4.69, 9.17) is 9.97 Å². The lowest BCUT2D eigenvalue weighted by Crippen LogP contribution is -1.99. The highest BCUT2D eigenvalue weighted by atomic mass is 15.1. The van der Waals surface area contributed by atoms with Crippen LogP contribution in [0.25, 0.3) is 312 Å². The Morgan fingerprint density at radius 1 is 0.143 bits per heavy atom. The minimum Gasteiger partial charge on any atom is -0.309 e. The molecule has 147 heavy (non-hydrogen) atoms. The number of pyridine rings is 3. The summed E-state index contributed by atoms with van der Waals surface area (Å²) >= 11 is 0. The van der Waals surface area contributed by atoms with E-state index in [1.807, 2.05) is 24.7 Å². The van der Waals surface area contributed by atoms with Crippen molar-refractivity contribution in [3.05, 3.63) is 474 Å². The first kappa shape index (κ1) is 78.8. The van der Waals surface area contributed by atoms with Crippen molar-refractivity contribution >= 4 is 278 Å². The molecule has 0 saturated heterocycles. The van der Waals surface area contributed by atoms with Gasteiger partial charge in [-0.15, -0.1) is 0 Å². The van der Waals surface area contributed by atoms with Crippen LogP contribution in [-0.2, 0) is 0 Å². The zero-order chi connectivity index (χ0) is 95.4. The molecule has 0 N–H and O–H groups in total. The van der Waals surface area contributed by atoms with Gasteiger partial charge in [0.25, 0.3) is 0 Å². The van der Waals surface area contributed by atoms with Crippen LogP contribution in [0.4, 0.5) is 0 Å². The molecule has 21 aromatic carbocycles. The fourth-order valence-corrected chi connectivity index (χ4v) is 26.6. The lowest BCUT2D eigenvalue weighted by atomic mass is 10.0. The molecule has 0 unspecified atom stereocenters. The van der Waals surface area contributed by atoms with Crippen LogP contribution < -0.4 is 0 Å². The molecule has 15 heterocycles. The molecule has 0 saturated carbocycles. The van der Waals surface area contributed by atoms with Gasteiger partial charge in [-0.2, -0.15) is 0 Å². The number of fused-ring (bicyclic) bond motifs is 45. The molecule has 12 nitrogen and oxygen atoms in total. The molecule has 0 radical (unpaired) electrons. The van der Waals surface area contributed by atoms with Gasteiger partial charge >= 0.3 is 0 Å². The van der Waals surface area contributed by atoms with Gasteiger partial charge in [-0.1, -0.05) is 297 Å². The third-order valence-corrected chi connectivity index (χ3v) is 32.4. The molecule has 0 spiro atoms. The van der Waals surface area contributed by atoms with Crippen molar-refractivity contribution in [2.24, 2.45) is 0 Å². The summed E-state index contributed by atoms with van der Waals surface area (Å²) in [5.41, 5.74) is 30.9. The topological polar surface area (TPSA) is 81.5 Å². The van der Waals surface area contributed by atoms with Crippen LogP contribution >= 0.6 is 0 Å². The maximum absolute atomic E-state index is 5.32. The van der Waals surface area contributed by atoms with Gasteiger partial charge in [-0.3, -0.25) is 14.1 Å². The maximum Gasteiger partial charge on any atom is 0.145 e. The number of benzene rings is 21. The third kappa shape index (κ3) is 10.5. The van der Waals surface area contributed by atoms with Crippen LogP contribution in [0.15, 0.2) is 474 Å². The van der Waals surface area contributed by atoms with Gasteiger partial charge in [0, 0.05) is 186 Å². The summed E-state index contributed by atoms with van der Waals surface area (Å²) in [7, 11) is 0. The highest BCUT2D eigenvalue weighted by Gasteiger charge is 2.32. The highest BCUT2D eigenvalue weighted by Crippen LogP contribution is 2.54. The van der Waals surface area contributed by atoms with Gasteiger partial charge in [0.05, 0.1) is 123 Å². The second kappa shape index (κ2) is 29.4. The molecule has 0 fully saturated rings. The molecule has 0 bridgehead atoms. The minimum atomic E-state index is 0.918. The molecule has 0 atom stereocenters. The Morgan fingerprint density at radius 2 is 0.476 bits per heavy atom. The summed E-state index contributed by atoms with van der Waals surface area (Å²) in [6, 6.07) is 164. The number of para-hydroxylation sites is 10. The van der Waals surface area contributed by atoms with E-state index in [1.54, 1.807) is 0 Å². The lowest BCUT2D eigenvalue weighted by Gasteiger charge is -2.12. The Bertz CT molecular complexity index is 11600. The van der Waals surface area contributed by atoms with Gasteiger partial charge in [0.15, 0.2) is 0 Å². The van der Waals surface area contributed by atoms with E-state index < -0.39 is 0 Å². The largest absolute Gasteiger partial charge is 0.309 e. The SMILES string of the molecule is c1ccc(-n2c3cc(-n4c5cc6c7ccccc7n7c8ccccc8c(c5c5ccc8ccccc8c54)c67)ccc3c3cccnc32)cc1.c1ccc(-n2c3ccc(-n4c5cc6c7ccccc7n7c8ccccc8c(c5c5ccc8ccccc8c54)c67)cc3c3ccncc32)cc1.c1ccc(-n2c3ccccc3c3cc(-n4c5cc6c7ccccc7n7c8ccccc8c(c5c5ccc8ccccc8c54)c67)ncc32)cc1. The molecular formula is C135H78N12. The molecule has 36 aromatic rings. The van der Waals surface area contributed by atoms with Crippen LogP contribution in [0.2, 0.25) is 0 Å². The Hall–Kier alpha value is -20.0. The van der Waals surface area contributed by atoms with Crippen molar-refractivity contribution in [3.63, 3.8) is 0 Å². The summed E-state index contributed by atoms with van der Waals surface area (Å²) in [6.45, 7) is 0. The number of rotatable bonds is 6. The molecule has 0 aliphatic heterocycles. The van der Waals surface area contributed by atoms with Crippen molar-refractivity contribution in [3.8, 4) is 34.3 Å². The van der Waals surface area contributed by atoms with Crippen LogP contribution in [0.3, 0.4) is 0 Å². The third-order valence-electron chi connectivity index (χ3n) is 32.4. The van der Waals surface area contributed by atoms with Gasteiger partial charge in [-0.05, 0) is 168 Å². The van der Waals surface area contributed by atoms with Crippen molar-refractivity contribution in [2.75, 3.05) is 0 Å². The fourth-order valence-electron chi connectivity index (χ4n) is 26.6. The average Bonchev–Trinajstić information content (AvgIpc) is 1.52. The zero-order valence-corrected chi connectivity index (χ0v) is 78.9. The number of aromatic nitrogens is 12. The minimum absolute atomic E-state index is 0.918. The quantitative estimate of drug-likeness (QED) is 0.166. The molecule has 15 aromatic heterocycles. The van der Waals surface area contributed by atoms with E-state index in [-0.39, 0.29) is 0 Å². The maximum atomic E-state index is 5.32. The van der Waals surface area contributed by atoms with Gasteiger partial charge in [0.1, 0.15) is 11.5 Å². The van der Waals surface area contributed by atoms with Crippen molar-refractivity contribution in [1.29, 1.82) is 0 Å². The van der Waals surface area contributed by atoms with E-state index in [2.05, 4.69) is 495 Å². The molecule has 0 aliphatic carbocycles. The normalized spacial score (nSPS) is 12.5. The van der Waals surface area contributed by atoms with Crippen LogP contribution in [0, 0.1) is 0 Å². The summed E-state index contributed by atoms with van der Waals surface area (Å²) in [5, 5.41) is 37.7. The Labute approximate surface area is 835 Å². The summed E-state index contributed by atoms with van der Waals surface area (Å²) < 4.78 is 21.9. The van der Waals surface area contributed by atoms with E-state index in [0.29, 0.717) is 0 Å². The zero-order valence-electron chi connectivity index (χ0n) is 78.9. The van der Waals surface area contributed by atoms with E-state index in [9.17, 15) is 0 Å². The first-order chi connectivity index (χ1) is 73.0. The van der Waals surface area contributed by atoms with Gasteiger partial charge in [0.2, 0.25) is 0 Å². The molecule has 12 heteroatoms. The summed E-state index contributed by atoms with van der Waals surface area (Å²) in [4.78, 5) is 14.8. The monoisotopic (exact) mass is 1870 g/mol. The van der Waals surface area contributed by atoms with E-state index in [1.165, 1.54) is 250 Å². The van der Waals surface area contributed by atoms with E-state index in [0.717, 1.165) is 61.8 Å². The summed E-state index contributed by atoms with van der Waals surface area (Å²) in [6.07, 6.45) is 7.85. The number of hydrogen-bond donors (Lipinski definition) is 0. The second-order valence-electron chi connectivity index (χ2n) is 39.5. The fraction of sp³-hybridized carbons (Fsp3) is 0.